The number of nitrogens with zero attached hydrogens (tertiary/aromatic N) is 1. The molecule has 0 saturated carbocycles. The Kier molecular flexibility index (Phi) is 6.92. The lowest BCUT2D eigenvalue weighted by molar-refractivity contribution is 0.0526. The summed E-state index contributed by atoms with van der Waals surface area (Å²) < 4.78 is 46.3. The zero-order valence-electron chi connectivity index (χ0n) is 15.9. The van der Waals surface area contributed by atoms with E-state index in [9.17, 15) is 17.6 Å². The molecule has 0 spiro atoms. The van der Waals surface area contributed by atoms with Crippen molar-refractivity contribution < 1.29 is 22.3 Å². The number of rotatable bonds is 7. The lowest BCUT2D eigenvalue weighted by Crippen LogP contribution is -2.31. The van der Waals surface area contributed by atoms with Gasteiger partial charge >= 0.3 is 5.97 Å². The summed E-state index contributed by atoms with van der Waals surface area (Å²) in [5.41, 5.74) is 1.21. The summed E-state index contributed by atoms with van der Waals surface area (Å²) in [5, 5.41) is 0. The van der Waals surface area contributed by atoms with Gasteiger partial charge in [0.05, 0.1) is 17.1 Å². The van der Waals surface area contributed by atoms with Crippen LogP contribution in [0.3, 0.4) is 0 Å². The maximum atomic E-state index is 13.1. The Morgan fingerprint density at radius 2 is 2.00 bits per heavy atom. The number of nitrogens with one attached hydrogen (secondary N) is 1. The fourth-order valence-electron chi connectivity index (χ4n) is 3.25. The first kappa shape index (κ1) is 21.7. The highest BCUT2D eigenvalue weighted by Crippen LogP contribution is 2.26. The molecule has 1 N–H and O–H groups in total. The average molecular weight is 485 g/mol. The molecule has 1 aliphatic heterocycles. The second-order valence-corrected chi connectivity index (χ2v) is 9.38. The molecule has 1 fully saturated rings. The van der Waals surface area contributed by atoms with Crippen LogP contribution in [0.2, 0.25) is 0 Å². The maximum Gasteiger partial charge on any atom is 0.338 e. The lowest BCUT2D eigenvalue weighted by Gasteiger charge is -2.19. The fourth-order valence-corrected chi connectivity index (χ4v) is 5.44. The summed E-state index contributed by atoms with van der Waals surface area (Å²) in [7, 11) is -3.74. The highest BCUT2D eigenvalue weighted by atomic mass is 79.9. The quantitative estimate of drug-likeness (QED) is 0.607. The van der Waals surface area contributed by atoms with E-state index in [1.807, 2.05) is 0 Å². The van der Waals surface area contributed by atoms with E-state index < -0.39 is 16.0 Å². The maximum absolute atomic E-state index is 13.1. The van der Waals surface area contributed by atoms with Crippen LogP contribution in [0.4, 0.5) is 10.1 Å². The normalized spacial score (nSPS) is 16.8. The van der Waals surface area contributed by atoms with Crippen molar-refractivity contribution in [2.75, 3.05) is 31.1 Å². The minimum Gasteiger partial charge on any atom is -0.462 e. The van der Waals surface area contributed by atoms with Crippen LogP contribution in [-0.2, 0) is 14.8 Å². The van der Waals surface area contributed by atoms with Crippen molar-refractivity contribution in [2.45, 2.75) is 18.2 Å². The Hall–Kier alpha value is -1.97. The van der Waals surface area contributed by atoms with Gasteiger partial charge in [-0.3, -0.25) is 0 Å². The zero-order valence-corrected chi connectivity index (χ0v) is 18.3. The van der Waals surface area contributed by atoms with Gasteiger partial charge in [0.2, 0.25) is 10.0 Å². The van der Waals surface area contributed by atoms with Crippen molar-refractivity contribution in [3.8, 4) is 0 Å². The predicted molar refractivity (Wildman–Crippen MR) is 112 cm³/mol. The zero-order chi connectivity index (χ0) is 21.0. The molecule has 6 nitrogen and oxygen atoms in total. The molecule has 156 valence electrons. The topological polar surface area (TPSA) is 75.7 Å². The molecule has 0 aromatic heterocycles. The van der Waals surface area contributed by atoms with E-state index in [1.165, 1.54) is 30.3 Å². The second kappa shape index (κ2) is 9.23. The van der Waals surface area contributed by atoms with Crippen LogP contribution in [-0.4, -0.2) is 40.6 Å². The molecule has 9 heteroatoms. The van der Waals surface area contributed by atoms with Gasteiger partial charge in [0, 0.05) is 29.8 Å². The second-order valence-electron chi connectivity index (χ2n) is 6.79. The average Bonchev–Trinajstić information content (AvgIpc) is 3.16. The minimum absolute atomic E-state index is 0.0685. The van der Waals surface area contributed by atoms with Crippen molar-refractivity contribution in [2.24, 2.45) is 5.92 Å². The highest BCUT2D eigenvalue weighted by molar-refractivity contribution is 9.10. The van der Waals surface area contributed by atoms with E-state index in [0.717, 1.165) is 18.7 Å². The minimum atomic E-state index is -3.74. The van der Waals surface area contributed by atoms with Crippen molar-refractivity contribution in [1.82, 2.24) is 4.72 Å². The molecule has 0 radical (unpaired) electrons. The molecule has 1 saturated heterocycles. The van der Waals surface area contributed by atoms with Crippen LogP contribution in [0, 0.1) is 11.7 Å². The Morgan fingerprint density at radius 3 is 2.66 bits per heavy atom. The van der Waals surface area contributed by atoms with E-state index in [2.05, 4.69) is 25.6 Å². The molecule has 0 amide bonds. The summed E-state index contributed by atoms with van der Waals surface area (Å²) in [6, 6.07) is 10.6. The molecule has 1 heterocycles. The predicted octanol–water partition coefficient (Wildman–Crippen LogP) is 3.57. The van der Waals surface area contributed by atoms with Gasteiger partial charge in [0.15, 0.2) is 0 Å². The van der Waals surface area contributed by atoms with E-state index in [1.54, 1.807) is 19.1 Å². The molecule has 0 aliphatic carbocycles. The monoisotopic (exact) mass is 484 g/mol. The molecular weight excluding hydrogens is 463 g/mol. The van der Waals surface area contributed by atoms with Gasteiger partial charge in [-0.05, 0) is 77.7 Å². The standard InChI is InChI=1S/C20H22BrFN2O4S/c1-2-28-20(25)15-3-8-19(18(21)11-15)29(26,27)23-12-14-9-10-24(13-14)17-6-4-16(22)5-7-17/h3-8,11,14,23H,2,9-10,12-13H2,1H3. The van der Waals surface area contributed by atoms with Crippen molar-refractivity contribution >= 4 is 37.6 Å². The van der Waals surface area contributed by atoms with Crippen molar-refractivity contribution in [3.05, 3.63) is 58.3 Å². The van der Waals surface area contributed by atoms with Crippen molar-refractivity contribution in [3.63, 3.8) is 0 Å². The number of carbonyl (C=O) groups excluding carboxylic acids is 1. The Bertz CT molecular complexity index is 982. The van der Waals surface area contributed by atoms with Crippen LogP contribution in [0.5, 0.6) is 0 Å². The molecule has 0 bridgehead atoms. The molecule has 2 aromatic rings. The number of anilines is 1. The number of hydrogen-bond donors (Lipinski definition) is 1. The van der Waals surface area contributed by atoms with Gasteiger partial charge < -0.3 is 9.64 Å². The van der Waals surface area contributed by atoms with Gasteiger partial charge in [-0.2, -0.15) is 0 Å². The van der Waals surface area contributed by atoms with Crippen LogP contribution in [0.25, 0.3) is 0 Å². The molecule has 2 aromatic carbocycles. The first-order valence-corrected chi connectivity index (χ1v) is 11.5. The molecule has 1 atom stereocenters. The SMILES string of the molecule is CCOC(=O)c1ccc(S(=O)(=O)NCC2CCN(c3ccc(F)cc3)C2)c(Br)c1. The van der Waals surface area contributed by atoms with Crippen LogP contribution >= 0.6 is 15.9 Å². The van der Waals surface area contributed by atoms with Gasteiger partial charge in [-0.1, -0.05) is 0 Å². The molecular formula is C20H22BrFN2O4S. The van der Waals surface area contributed by atoms with Gasteiger partial charge in [0.25, 0.3) is 0 Å². The summed E-state index contributed by atoms with van der Waals surface area (Å²) in [6.45, 7) is 3.73. The summed E-state index contributed by atoms with van der Waals surface area (Å²) in [6.07, 6.45) is 0.836. The number of benzene rings is 2. The van der Waals surface area contributed by atoms with E-state index in [0.29, 0.717) is 17.6 Å². The Morgan fingerprint density at radius 1 is 1.28 bits per heavy atom. The largest absolute Gasteiger partial charge is 0.462 e. The van der Waals surface area contributed by atoms with Crippen LogP contribution in [0.1, 0.15) is 23.7 Å². The van der Waals surface area contributed by atoms with E-state index >= 15 is 0 Å². The smallest absolute Gasteiger partial charge is 0.338 e. The number of esters is 1. The number of halogens is 2. The number of carbonyl (C=O) groups is 1. The number of hydrogen-bond acceptors (Lipinski definition) is 5. The Labute approximate surface area is 178 Å². The first-order valence-electron chi connectivity index (χ1n) is 9.27. The van der Waals surface area contributed by atoms with Gasteiger partial charge in [0.1, 0.15) is 5.82 Å². The van der Waals surface area contributed by atoms with Gasteiger partial charge in [-0.25, -0.2) is 22.3 Å². The first-order chi connectivity index (χ1) is 13.8. The number of sulfonamides is 1. The third-order valence-electron chi connectivity index (χ3n) is 4.77. The Balaban J connectivity index is 1.61. The van der Waals surface area contributed by atoms with E-state index in [-0.39, 0.29) is 28.8 Å². The third kappa shape index (κ3) is 5.34. The molecule has 3 rings (SSSR count). The van der Waals surface area contributed by atoms with Crippen molar-refractivity contribution in [1.29, 1.82) is 0 Å². The fraction of sp³-hybridized carbons (Fsp3) is 0.350. The van der Waals surface area contributed by atoms with Crippen LogP contribution < -0.4 is 9.62 Å². The van der Waals surface area contributed by atoms with E-state index in [4.69, 9.17) is 4.74 Å². The number of ether oxygens (including phenoxy) is 1. The summed E-state index contributed by atoms with van der Waals surface area (Å²) in [5.74, 6) is -0.638. The molecule has 1 aliphatic rings. The van der Waals surface area contributed by atoms with Crippen LogP contribution in [0.15, 0.2) is 51.8 Å². The van der Waals surface area contributed by atoms with Gasteiger partial charge in [-0.15, -0.1) is 0 Å². The summed E-state index contributed by atoms with van der Waals surface area (Å²) >= 11 is 3.24. The lowest BCUT2D eigenvalue weighted by atomic mass is 10.1. The molecule has 29 heavy (non-hydrogen) atoms. The summed E-state index contributed by atoms with van der Waals surface area (Å²) in [4.78, 5) is 14.0. The third-order valence-corrected chi connectivity index (χ3v) is 7.17. The highest BCUT2D eigenvalue weighted by Gasteiger charge is 2.26. The molecule has 1 unspecified atom stereocenters.